The minimum absolute atomic E-state index is 0.106. The molecule has 5 rings (SSSR count). The summed E-state index contributed by atoms with van der Waals surface area (Å²) in [5.41, 5.74) is -0.0927. The molecule has 1 spiro atoms. The number of rotatable bonds is 16. The number of carbonyl (C=O) groups excluding carboxylic acids is 3. The second kappa shape index (κ2) is 14.8. The summed E-state index contributed by atoms with van der Waals surface area (Å²) in [5, 5.41) is 9.71. The number of hydrogen-bond acceptors (Lipinski definition) is 6. The number of nitrogens with zero attached hydrogens (tertiary/aromatic N) is 3. The average Bonchev–Trinajstić information content (AvgIpc) is 3.63. The maximum Gasteiger partial charge on any atom is 0.253 e. The van der Waals surface area contributed by atoms with Crippen LogP contribution in [-0.2, 0) is 19.1 Å². The number of fused-ring (bicyclic) bond motifs is 1. The van der Waals surface area contributed by atoms with Crippen molar-refractivity contribution in [3.8, 4) is 5.75 Å². The van der Waals surface area contributed by atoms with E-state index in [4.69, 9.17) is 21.1 Å². The Morgan fingerprint density at radius 1 is 1.04 bits per heavy atom. The van der Waals surface area contributed by atoms with Gasteiger partial charge in [-0.15, -0.1) is 13.2 Å². The molecular weight excluding hydrogens is 630 g/mol. The van der Waals surface area contributed by atoms with Crippen molar-refractivity contribution >= 4 is 40.7 Å². The van der Waals surface area contributed by atoms with E-state index in [2.05, 4.69) is 13.2 Å². The van der Waals surface area contributed by atoms with Gasteiger partial charge >= 0.3 is 0 Å². The highest BCUT2D eigenvalue weighted by Gasteiger charge is 2.78. The van der Waals surface area contributed by atoms with Crippen molar-refractivity contribution < 1.29 is 29.0 Å². The van der Waals surface area contributed by atoms with Gasteiger partial charge in [0, 0.05) is 31.9 Å². The first-order chi connectivity index (χ1) is 23.1. The third kappa shape index (κ3) is 6.28. The number of amides is 3. The van der Waals surface area contributed by atoms with Gasteiger partial charge in [0.1, 0.15) is 17.4 Å². The lowest BCUT2D eigenvalue weighted by molar-refractivity contribution is -0.144. The molecule has 3 amide bonds. The maximum atomic E-state index is 15.0. The van der Waals surface area contributed by atoms with Gasteiger partial charge in [-0.25, -0.2) is 0 Å². The van der Waals surface area contributed by atoms with Crippen LogP contribution in [0.3, 0.4) is 0 Å². The van der Waals surface area contributed by atoms with Crippen LogP contribution in [0.15, 0.2) is 67.8 Å². The molecule has 2 aromatic carbocycles. The normalized spacial score (nSPS) is 25.6. The summed E-state index contributed by atoms with van der Waals surface area (Å²) in [7, 11) is 0. The van der Waals surface area contributed by atoms with Crippen LogP contribution in [0.1, 0.15) is 57.9 Å². The zero-order chi connectivity index (χ0) is 34.6. The van der Waals surface area contributed by atoms with Crippen LogP contribution in [-0.4, -0.2) is 77.8 Å². The number of hydrogen-bond donors (Lipinski definition) is 1. The third-order valence-electron chi connectivity index (χ3n) is 10.2. The van der Waals surface area contributed by atoms with Crippen molar-refractivity contribution in [3.05, 3.63) is 78.4 Å². The Morgan fingerprint density at radius 3 is 2.38 bits per heavy atom. The Balaban J connectivity index is 1.56. The summed E-state index contributed by atoms with van der Waals surface area (Å²) in [6.45, 7) is 14.9. The van der Waals surface area contributed by atoms with E-state index in [0.29, 0.717) is 61.0 Å². The summed E-state index contributed by atoms with van der Waals surface area (Å²) in [6, 6.07) is 11.8. The molecule has 2 aromatic rings. The number of ether oxygens (including phenoxy) is 2. The number of likely N-dealkylation sites (tertiary alicyclic amines) is 1. The Hall–Kier alpha value is -3.66. The van der Waals surface area contributed by atoms with E-state index in [1.54, 1.807) is 32.9 Å². The highest BCUT2D eigenvalue weighted by Crippen LogP contribution is 2.63. The summed E-state index contributed by atoms with van der Waals surface area (Å²) in [5.74, 6) is -1.73. The molecular formula is C38H48ClN3O6. The summed E-state index contributed by atoms with van der Waals surface area (Å²) in [6.07, 6.45) is 7.22. The molecule has 0 saturated carbocycles. The Kier molecular flexibility index (Phi) is 11.0. The first-order valence-electron chi connectivity index (χ1n) is 17.0. The first-order valence-corrected chi connectivity index (χ1v) is 17.4. The van der Waals surface area contributed by atoms with Crippen molar-refractivity contribution in [2.45, 2.75) is 76.5 Å². The number of benzene rings is 2. The van der Waals surface area contributed by atoms with Crippen LogP contribution < -0.4 is 14.5 Å². The highest BCUT2D eigenvalue weighted by atomic mass is 35.5. The molecule has 3 aliphatic heterocycles. The van der Waals surface area contributed by atoms with E-state index in [1.165, 1.54) is 0 Å². The molecule has 3 saturated heterocycles. The lowest BCUT2D eigenvalue weighted by Gasteiger charge is -2.37. The van der Waals surface area contributed by atoms with Crippen molar-refractivity contribution in [2.24, 2.45) is 11.8 Å². The molecule has 9 nitrogen and oxygen atoms in total. The summed E-state index contributed by atoms with van der Waals surface area (Å²) in [4.78, 5) is 49.4. The van der Waals surface area contributed by atoms with Gasteiger partial charge in [0.25, 0.3) is 5.91 Å². The minimum atomic E-state index is -1.19. The summed E-state index contributed by atoms with van der Waals surface area (Å²) < 4.78 is 12.5. The van der Waals surface area contributed by atoms with Gasteiger partial charge in [-0.1, -0.05) is 48.7 Å². The van der Waals surface area contributed by atoms with Gasteiger partial charge in [-0.3, -0.25) is 14.4 Å². The second-order valence-electron chi connectivity index (χ2n) is 13.2. The molecule has 48 heavy (non-hydrogen) atoms. The fourth-order valence-electron chi connectivity index (χ4n) is 8.11. The highest BCUT2D eigenvalue weighted by molar-refractivity contribution is 6.34. The van der Waals surface area contributed by atoms with E-state index in [1.807, 2.05) is 57.2 Å². The van der Waals surface area contributed by atoms with Crippen LogP contribution in [0, 0.1) is 18.8 Å². The Morgan fingerprint density at radius 2 is 1.73 bits per heavy atom. The van der Waals surface area contributed by atoms with Gasteiger partial charge < -0.3 is 29.3 Å². The number of unbranched alkanes of at least 4 members (excludes halogenated alkanes) is 3. The molecule has 3 aliphatic rings. The SMILES string of the molecule is C=CCN(C(=O)[C@@H]1[C@H]2C(=O)N(CCCCCCO)C(C(=O)N(CC=C)c3c(C)cccc3Cl)C23CC[C@@]1(C)O3)c1ccc(OCC)cc1. The Bertz CT molecular complexity index is 1510. The molecule has 0 aromatic heterocycles. The van der Waals surface area contributed by atoms with Crippen LogP contribution in [0.25, 0.3) is 0 Å². The van der Waals surface area contributed by atoms with Gasteiger partial charge in [-0.05, 0) is 82.3 Å². The molecule has 0 aliphatic carbocycles. The van der Waals surface area contributed by atoms with E-state index in [0.717, 1.165) is 18.4 Å². The predicted octanol–water partition coefficient (Wildman–Crippen LogP) is 6.10. The van der Waals surface area contributed by atoms with E-state index in [-0.39, 0.29) is 37.4 Å². The molecule has 0 radical (unpaired) electrons. The number of anilines is 2. The van der Waals surface area contributed by atoms with Gasteiger partial charge in [0.2, 0.25) is 11.8 Å². The minimum Gasteiger partial charge on any atom is -0.494 e. The number of aryl methyl sites for hydroxylation is 1. The standard InChI is InChI=1S/C38H48ClN3O6/c1-6-22-40(27-16-18-28(19-17-27)47-8-3)34(44)30-31-35(45)42(24-11-9-10-12-25-43)33(38(31)21-20-37(30,5)48-38)36(46)41(23-7-2)32-26(4)14-13-15-29(32)39/h6-7,13-19,30-31,33,43H,1-2,8-12,20-25H2,3-5H3/t30-,31-,33?,37+,38?/m0/s1. The molecule has 3 heterocycles. The van der Waals surface area contributed by atoms with Crippen LogP contribution in [0.5, 0.6) is 5.75 Å². The molecule has 5 atom stereocenters. The molecule has 258 valence electrons. The molecule has 2 bridgehead atoms. The monoisotopic (exact) mass is 677 g/mol. The molecule has 2 unspecified atom stereocenters. The Labute approximate surface area is 289 Å². The fraction of sp³-hybridized carbons (Fsp3) is 0.500. The lowest BCUT2D eigenvalue weighted by atomic mass is 9.66. The average molecular weight is 678 g/mol. The zero-order valence-corrected chi connectivity index (χ0v) is 29.1. The number of aliphatic hydroxyl groups is 1. The third-order valence-corrected chi connectivity index (χ3v) is 10.5. The topological polar surface area (TPSA) is 99.6 Å². The molecule has 1 N–H and O–H groups in total. The number of halogens is 1. The van der Waals surface area contributed by atoms with Gasteiger partial charge in [0.15, 0.2) is 0 Å². The van der Waals surface area contributed by atoms with Gasteiger partial charge in [0.05, 0.1) is 34.8 Å². The number of carbonyl (C=O) groups is 3. The molecule has 10 heteroatoms. The second-order valence-corrected chi connectivity index (χ2v) is 13.6. The van der Waals surface area contributed by atoms with Crippen LogP contribution in [0.4, 0.5) is 11.4 Å². The van der Waals surface area contributed by atoms with Crippen LogP contribution >= 0.6 is 11.6 Å². The first kappa shape index (κ1) is 35.6. The molecule has 3 fully saturated rings. The maximum absolute atomic E-state index is 15.0. The van der Waals surface area contributed by atoms with Crippen LogP contribution in [0.2, 0.25) is 5.02 Å². The largest absolute Gasteiger partial charge is 0.494 e. The van der Waals surface area contributed by atoms with Crippen molar-refractivity contribution in [2.75, 3.05) is 42.6 Å². The van der Waals surface area contributed by atoms with E-state index >= 15 is 0 Å². The zero-order valence-electron chi connectivity index (χ0n) is 28.3. The lowest BCUT2D eigenvalue weighted by Crippen LogP contribution is -2.57. The quantitative estimate of drug-likeness (QED) is 0.170. The fourth-order valence-corrected chi connectivity index (χ4v) is 8.43. The van der Waals surface area contributed by atoms with Crippen molar-refractivity contribution in [1.29, 1.82) is 0 Å². The van der Waals surface area contributed by atoms with Crippen molar-refractivity contribution in [1.82, 2.24) is 4.90 Å². The summed E-state index contributed by atoms with van der Waals surface area (Å²) >= 11 is 6.71. The number of aliphatic hydroxyl groups excluding tert-OH is 1. The van der Waals surface area contributed by atoms with E-state index in [9.17, 15) is 19.5 Å². The predicted molar refractivity (Wildman–Crippen MR) is 188 cm³/mol. The van der Waals surface area contributed by atoms with E-state index < -0.39 is 29.1 Å². The van der Waals surface area contributed by atoms with Crippen molar-refractivity contribution in [3.63, 3.8) is 0 Å². The van der Waals surface area contributed by atoms with Gasteiger partial charge in [-0.2, -0.15) is 0 Å². The number of para-hydroxylation sites is 1. The smallest absolute Gasteiger partial charge is 0.253 e.